The number of nitrogens with zero attached hydrogens (tertiary/aromatic N) is 2. The van der Waals surface area contributed by atoms with Crippen molar-refractivity contribution in [3.05, 3.63) is 17.0 Å². The maximum Gasteiger partial charge on any atom is 0.0687 e. The zero-order valence-corrected chi connectivity index (χ0v) is 12.6. The molecule has 0 unspecified atom stereocenters. The molecular formula is C17H28N2. The summed E-state index contributed by atoms with van der Waals surface area (Å²) in [6.45, 7) is 2.33. The summed E-state index contributed by atoms with van der Waals surface area (Å²) in [5, 5.41) is 4.93. The smallest absolute Gasteiger partial charge is 0.0687 e. The van der Waals surface area contributed by atoms with Crippen LogP contribution in [0.3, 0.4) is 0 Å². The summed E-state index contributed by atoms with van der Waals surface area (Å²) in [5.41, 5.74) is 4.52. The third-order valence-electron chi connectivity index (χ3n) is 5.36. The van der Waals surface area contributed by atoms with E-state index in [0.717, 1.165) is 11.8 Å². The van der Waals surface area contributed by atoms with Gasteiger partial charge in [-0.15, -0.1) is 0 Å². The van der Waals surface area contributed by atoms with Crippen molar-refractivity contribution in [2.75, 3.05) is 0 Å². The average Bonchev–Trinajstić information content (AvgIpc) is 2.76. The van der Waals surface area contributed by atoms with Crippen LogP contribution in [0.15, 0.2) is 0 Å². The van der Waals surface area contributed by atoms with Gasteiger partial charge < -0.3 is 0 Å². The molecule has 1 aromatic rings. The Bertz CT molecular complexity index is 421. The van der Waals surface area contributed by atoms with Gasteiger partial charge in [0, 0.05) is 24.6 Å². The van der Waals surface area contributed by atoms with E-state index >= 15 is 0 Å². The van der Waals surface area contributed by atoms with Gasteiger partial charge in [0.15, 0.2) is 0 Å². The fourth-order valence-electron chi connectivity index (χ4n) is 4.37. The van der Waals surface area contributed by atoms with Gasteiger partial charge in [-0.25, -0.2) is 0 Å². The third-order valence-corrected chi connectivity index (χ3v) is 5.36. The van der Waals surface area contributed by atoms with E-state index in [2.05, 4.69) is 18.7 Å². The molecule has 19 heavy (non-hydrogen) atoms. The van der Waals surface area contributed by atoms with Crippen LogP contribution in [0.2, 0.25) is 0 Å². The molecule has 0 bridgehead atoms. The Morgan fingerprint density at radius 1 is 0.842 bits per heavy atom. The van der Waals surface area contributed by atoms with Crippen molar-refractivity contribution < 1.29 is 0 Å². The van der Waals surface area contributed by atoms with E-state index in [9.17, 15) is 0 Å². The highest BCUT2D eigenvalue weighted by Crippen LogP contribution is 2.39. The van der Waals surface area contributed by atoms with Gasteiger partial charge in [0.25, 0.3) is 0 Å². The summed E-state index contributed by atoms with van der Waals surface area (Å²) < 4.78 is 2.22. The van der Waals surface area contributed by atoms with Crippen molar-refractivity contribution in [1.29, 1.82) is 0 Å². The molecule has 0 aliphatic heterocycles. The molecule has 0 radical (unpaired) electrons. The summed E-state index contributed by atoms with van der Waals surface area (Å²) in [6.07, 6.45) is 14.0. The SMILES string of the molecule is Cc1c(C2CCCCC2)nn(C)c1C1CCCCC1. The van der Waals surface area contributed by atoms with Gasteiger partial charge in [0.1, 0.15) is 0 Å². The van der Waals surface area contributed by atoms with Crippen LogP contribution >= 0.6 is 0 Å². The normalized spacial score (nSPS) is 22.8. The zero-order valence-electron chi connectivity index (χ0n) is 12.6. The molecule has 2 aliphatic rings. The Balaban J connectivity index is 1.86. The third kappa shape index (κ3) is 2.59. The van der Waals surface area contributed by atoms with Gasteiger partial charge in [0.2, 0.25) is 0 Å². The molecule has 2 fully saturated rings. The second-order valence-corrected chi connectivity index (χ2v) is 6.69. The van der Waals surface area contributed by atoms with E-state index < -0.39 is 0 Å². The summed E-state index contributed by atoms with van der Waals surface area (Å²) in [4.78, 5) is 0. The summed E-state index contributed by atoms with van der Waals surface area (Å²) in [7, 11) is 2.17. The van der Waals surface area contributed by atoms with E-state index in [0.29, 0.717) is 0 Å². The van der Waals surface area contributed by atoms with E-state index in [-0.39, 0.29) is 0 Å². The number of hydrogen-bond donors (Lipinski definition) is 0. The molecule has 1 aromatic heterocycles. The molecular weight excluding hydrogens is 232 g/mol. The Morgan fingerprint density at radius 3 is 1.95 bits per heavy atom. The van der Waals surface area contributed by atoms with E-state index in [4.69, 9.17) is 5.10 Å². The Morgan fingerprint density at radius 2 is 1.37 bits per heavy atom. The van der Waals surface area contributed by atoms with Crippen molar-refractivity contribution >= 4 is 0 Å². The van der Waals surface area contributed by atoms with Crippen molar-refractivity contribution in [1.82, 2.24) is 9.78 Å². The van der Waals surface area contributed by atoms with E-state index in [1.165, 1.54) is 75.5 Å². The molecule has 0 spiro atoms. The van der Waals surface area contributed by atoms with Crippen LogP contribution in [0.25, 0.3) is 0 Å². The minimum absolute atomic E-state index is 0.747. The minimum Gasteiger partial charge on any atom is -0.272 e. The van der Waals surface area contributed by atoms with Crippen molar-refractivity contribution in [2.45, 2.75) is 83.0 Å². The van der Waals surface area contributed by atoms with Crippen LogP contribution in [-0.4, -0.2) is 9.78 Å². The largest absolute Gasteiger partial charge is 0.272 e. The fraction of sp³-hybridized carbons (Fsp3) is 0.824. The molecule has 0 N–H and O–H groups in total. The lowest BCUT2D eigenvalue weighted by atomic mass is 9.82. The second-order valence-electron chi connectivity index (χ2n) is 6.69. The predicted molar refractivity (Wildman–Crippen MR) is 79.6 cm³/mol. The average molecular weight is 260 g/mol. The first-order chi connectivity index (χ1) is 9.27. The van der Waals surface area contributed by atoms with Crippen molar-refractivity contribution in [3.8, 4) is 0 Å². The molecule has 1 heterocycles. The maximum atomic E-state index is 4.93. The lowest BCUT2D eigenvalue weighted by Gasteiger charge is -2.23. The van der Waals surface area contributed by atoms with Crippen LogP contribution < -0.4 is 0 Å². The van der Waals surface area contributed by atoms with Crippen molar-refractivity contribution in [2.24, 2.45) is 7.05 Å². The quantitative estimate of drug-likeness (QED) is 0.745. The molecule has 0 atom stereocenters. The van der Waals surface area contributed by atoms with Gasteiger partial charge >= 0.3 is 0 Å². The van der Waals surface area contributed by atoms with Gasteiger partial charge in [-0.05, 0) is 38.2 Å². The molecule has 106 valence electrons. The monoisotopic (exact) mass is 260 g/mol. The molecule has 2 saturated carbocycles. The van der Waals surface area contributed by atoms with Crippen molar-refractivity contribution in [3.63, 3.8) is 0 Å². The Hall–Kier alpha value is -0.790. The summed E-state index contributed by atoms with van der Waals surface area (Å²) in [6, 6.07) is 0. The fourth-order valence-corrected chi connectivity index (χ4v) is 4.37. The Kier molecular flexibility index (Phi) is 3.95. The predicted octanol–water partition coefficient (Wildman–Crippen LogP) is 4.82. The number of aromatic nitrogens is 2. The molecule has 0 saturated heterocycles. The van der Waals surface area contributed by atoms with Crippen LogP contribution in [0.1, 0.15) is 93.0 Å². The molecule has 3 rings (SSSR count). The second kappa shape index (κ2) is 5.68. The maximum absolute atomic E-state index is 4.93. The van der Waals surface area contributed by atoms with Crippen LogP contribution in [-0.2, 0) is 7.05 Å². The first-order valence-corrected chi connectivity index (χ1v) is 8.30. The van der Waals surface area contributed by atoms with Gasteiger partial charge in [-0.1, -0.05) is 38.5 Å². The molecule has 2 aliphatic carbocycles. The highest BCUT2D eigenvalue weighted by molar-refractivity contribution is 5.30. The number of hydrogen-bond acceptors (Lipinski definition) is 1. The molecule has 0 amide bonds. The lowest BCUT2D eigenvalue weighted by molar-refractivity contribution is 0.421. The number of aryl methyl sites for hydroxylation is 1. The standard InChI is InChI=1S/C17H28N2/c1-13-16(14-9-5-3-6-10-14)18-19(2)17(13)15-11-7-4-8-12-15/h14-15H,3-12H2,1-2H3. The van der Waals surface area contributed by atoms with Crippen LogP contribution in [0, 0.1) is 6.92 Å². The van der Waals surface area contributed by atoms with E-state index in [1.807, 2.05) is 0 Å². The van der Waals surface area contributed by atoms with Gasteiger partial charge in [-0.3, -0.25) is 4.68 Å². The minimum atomic E-state index is 0.747. The van der Waals surface area contributed by atoms with Crippen LogP contribution in [0.4, 0.5) is 0 Å². The molecule has 2 heteroatoms. The Labute approximate surface area is 117 Å². The zero-order chi connectivity index (χ0) is 13.2. The van der Waals surface area contributed by atoms with E-state index in [1.54, 1.807) is 5.69 Å². The highest BCUT2D eigenvalue weighted by Gasteiger charge is 2.27. The molecule has 0 aromatic carbocycles. The first kappa shape index (κ1) is 13.2. The lowest BCUT2D eigenvalue weighted by Crippen LogP contribution is -2.10. The summed E-state index contributed by atoms with van der Waals surface area (Å²) in [5.74, 6) is 1.53. The summed E-state index contributed by atoms with van der Waals surface area (Å²) >= 11 is 0. The van der Waals surface area contributed by atoms with Gasteiger partial charge in [-0.2, -0.15) is 5.10 Å². The topological polar surface area (TPSA) is 17.8 Å². The van der Waals surface area contributed by atoms with Gasteiger partial charge in [0.05, 0.1) is 5.69 Å². The highest BCUT2D eigenvalue weighted by atomic mass is 15.3. The van der Waals surface area contributed by atoms with Crippen LogP contribution in [0.5, 0.6) is 0 Å². The first-order valence-electron chi connectivity index (χ1n) is 8.30. The number of rotatable bonds is 2. The molecule has 2 nitrogen and oxygen atoms in total.